The van der Waals surface area contributed by atoms with Crippen molar-refractivity contribution in [3.63, 3.8) is 0 Å². The third-order valence-electron chi connectivity index (χ3n) is 5.35. The molecule has 3 aromatic carbocycles. The van der Waals surface area contributed by atoms with Gasteiger partial charge in [-0.3, -0.25) is 4.90 Å². The van der Waals surface area contributed by atoms with E-state index in [4.69, 9.17) is 27.9 Å². The lowest BCUT2D eigenvalue weighted by Crippen LogP contribution is -2.22. The Morgan fingerprint density at radius 1 is 0.853 bits per heavy atom. The second-order valence-electron chi connectivity index (χ2n) is 7.81. The summed E-state index contributed by atoms with van der Waals surface area (Å²) in [6, 6.07) is 22.1. The minimum atomic E-state index is -0.169. The van der Waals surface area contributed by atoms with Crippen LogP contribution in [0, 0.1) is 0 Å². The lowest BCUT2D eigenvalue weighted by Gasteiger charge is -2.20. The minimum Gasteiger partial charge on any atom is -0.505 e. The first kappa shape index (κ1) is 24.0. The molecule has 1 N–H and O–H groups in total. The van der Waals surface area contributed by atoms with Crippen LogP contribution in [-0.4, -0.2) is 31.7 Å². The van der Waals surface area contributed by atoms with E-state index in [9.17, 15) is 5.11 Å². The Morgan fingerprint density at radius 2 is 1.47 bits per heavy atom. The first-order valence-electron chi connectivity index (χ1n) is 10.9. The van der Waals surface area contributed by atoms with E-state index in [1.54, 1.807) is 12.1 Å². The highest BCUT2D eigenvalue weighted by Crippen LogP contribution is 2.35. The Labute approximate surface area is 208 Å². The molecule has 0 unspecified atom stereocenters. The molecule has 0 bridgehead atoms. The molecule has 0 aliphatic carbocycles. The van der Waals surface area contributed by atoms with Crippen LogP contribution in [0.3, 0.4) is 0 Å². The number of aromatic hydroxyl groups is 1. The fourth-order valence-electron chi connectivity index (χ4n) is 3.44. The summed E-state index contributed by atoms with van der Waals surface area (Å²) < 4.78 is 5.68. The van der Waals surface area contributed by atoms with E-state index >= 15 is 0 Å². The second kappa shape index (κ2) is 11.3. The molecule has 4 rings (SSSR count). The van der Waals surface area contributed by atoms with Crippen LogP contribution in [0.2, 0.25) is 10.0 Å². The smallest absolute Gasteiger partial charge is 0.336 e. The first-order valence-corrected chi connectivity index (χ1v) is 11.6. The van der Waals surface area contributed by atoms with E-state index in [1.807, 2.05) is 18.2 Å². The number of ether oxygens (including phenoxy) is 1. The molecule has 0 amide bonds. The van der Waals surface area contributed by atoms with Crippen LogP contribution < -0.4 is 4.74 Å². The third-order valence-corrected chi connectivity index (χ3v) is 5.92. The Kier molecular flexibility index (Phi) is 7.95. The molecule has 0 aliphatic rings. The Balaban J connectivity index is 1.32. The van der Waals surface area contributed by atoms with Crippen molar-refractivity contribution in [3.05, 3.63) is 99.7 Å². The van der Waals surface area contributed by atoms with Crippen molar-refractivity contribution in [2.45, 2.75) is 26.6 Å². The predicted octanol–water partition coefficient (Wildman–Crippen LogP) is 6.15. The maximum absolute atomic E-state index is 9.69. The van der Waals surface area contributed by atoms with E-state index in [2.05, 4.69) is 63.4 Å². The molecule has 0 atom stereocenters. The van der Waals surface area contributed by atoms with Gasteiger partial charge in [-0.15, -0.1) is 5.10 Å². The molecule has 6 nitrogen and oxygen atoms in total. The molecule has 4 aromatic rings. The highest BCUT2D eigenvalue weighted by Gasteiger charge is 2.11. The van der Waals surface area contributed by atoms with Crippen molar-refractivity contribution in [1.29, 1.82) is 0 Å². The number of phenolic OH excluding ortho intramolecular Hbond substituents is 1. The van der Waals surface area contributed by atoms with Gasteiger partial charge < -0.3 is 9.84 Å². The lowest BCUT2D eigenvalue weighted by molar-refractivity contribution is 0.270. The fraction of sp³-hybridized carbons (Fsp3) is 0.192. The van der Waals surface area contributed by atoms with Crippen LogP contribution in [-0.2, 0) is 19.7 Å². The lowest BCUT2D eigenvalue weighted by atomic mass is 10.1. The molecule has 174 valence electrons. The topological polar surface area (TPSA) is 71.4 Å². The standard InChI is InChI=1S/C26H24Cl2N4O2/c1-2-32(15-18-6-4-3-5-7-18)16-19-8-10-20(11-9-19)17-34-26-29-14-24(30-31-26)21-12-22(27)25(33)23(28)13-21/h3-14,33H,2,15-17H2,1H3. The van der Waals surface area contributed by atoms with Crippen molar-refractivity contribution in [2.24, 2.45) is 0 Å². The van der Waals surface area contributed by atoms with E-state index in [0.29, 0.717) is 17.9 Å². The normalized spacial score (nSPS) is 11.1. The second-order valence-corrected chi connectivity index (χ2v) is 8.62. The Bertz CT molecular complexity index is 1200. The summed E-state index contributed by atoms with van der Waals surface area (Å²) in [6.45, 7) is 5.29. The van der Waals surface area contributed by atoms with Gasteiger partial charge in [0.2, 0.25) is 0 Å². The monoisotopic (exact) mass is 494 g/mol. The number of phenols is 1. The quantitative estimate of drug-likeness (QED) is 0.300. The highest BCUT2D eigenvalue weighted by atomic mass is 35.5. The van der Waals surface area contributed by atoms with E-state index < -0.39 is 0 Å². The van der Waals surface area contributed by atoms with Gasteiger partial charge >= 0.3 is 6.01 Å². The molecule has 0 radical (unpaired) electrons. The summed E-state index contributed by atoms with van der Waals surface area (Å²) in [4.78, 5) is 6.61. The molecule has 0 fully saturated rings. The van der Waals surface area contributed by atoms with Crippen LogP contribution in [0.1, 0.15) is 23.6 Å². The summed E-state index contributed by atoms with van der Waals surface area (Å²) in [5.41, 5.74) is 4.64. The van der Waals surface area contributed by atoms with E-state index in [-0.39, 0.29) is 21.8 Å². The van der Waals surface area contributed by atoms with Crippen LogP contribution in [0.4, 0.5) is 0 Å². The summed E-state index contributed by atoms with van der Waals surface area (Å²) in [6.07, 6.45) is 1.52. The maximum Gasteiger partial charge on any atom is 0.336 e. The van der Waals surface area contributed by atoms with Gasteiger partial charge in [-0.25, -0.2) is 4.98 Å². The third kappa shape index (κ3) is 6.23. The van der Waals surface area contributed by atoms with Crippen molar-refractivity contribution in [2.75, 3.05) is 6.54 Å². The van der Waals surface area contributed by atoms with Gasteiger partial charge in [0.05, 0.1) is 16.2 Å². The van der Waals surface area contributed by atoms with Gasteiger partial charge in [0.25, 0.3) is 0 Å². The van der Waals surface area contributed by atoms with E-state index in [1.165, 1.54) is 17.3 Å². The molecule has 0 aliphatic heterocycles. The highest BCUT2D eigenvalue weighted by molar-refractivity contribution is 6.37. The van der Waals surface area contributed by atoms with Gasteiger partial charge in [0.15, 0.2) is 5.75 Å². The van der Waals surface area contributed by atoms with E-state index in [0.717, 1.165) is 25.2 Å². The van der Waals surface area contributed by atoms with Crippen LogP contribution in [0.15, 0.2) is 72.9 Å². The molecule has 0 saturated heterocycles. The van der Waals surface area contributed by atoms with Crippen LogP contribution in [0.5, 0.6) is 11.8 Å². The van der Waals surface area contributed by atoms with Crippen LogP contribution in [0.25, 0.3) is 11.3 Å². The SMILES string of the molecule is CCN(Cc1ccccc1)Cc1ccc(COc2ncc(-c3cc(Cl)c(O)c(Cl)c3)nn2)cc1. The first-order chi connectivity index (χ1) is 16.5. The number of hydrogen-bond acceptors (Lipinski definition) is 6. The summed E-state index contributed by atoms with van der Waals surface area (Å²) in [5.74, 6) is -0.169. The zero-order valence-corrected chi connectivity index (χ0v) is 20.2. The van der Waals surface area contributed by atoms with Crippen molar-refractivity contribution in [1.82, 2.24) is 20.1 Å². The molecule has 0 saturated carbocycles. The van der Waals surface area contributed by atoms with Crippen molar-refractivity contribution >= 4 is 23.2 Å². The van der Waals surface area contributed by atoms with Gasteiger partial charge in [-0.2, -0.15) is 0 Å². The number of aromatic nitrogens is 3. The molecule has 0 spiro atoms. The predicted molar refractivity (Wildman–Crippen MR) is 134 cm³/mol. The number of nitrogens with zero attached hydrogens (tertiary/aromatic N) is 4. The molecular formula is C26H24Cl2N4O2. The van der Waals surface area contributed by atoms with Crippen LogP contribution >= 0.6 is 23.2 Å². The van der Waals surface area contributed by atoms with Gasteiger partial charge in [0.1, 0.15) is 12.3 Å². The minimum absolute atomic E-state index is 0.134. The summed E-state index contributed by atoms with van der Waals surface area (Å²) >= 11 is 11.9. The molecule has 8 heteroatoms. The summed E-state index contributed by atoms with van der Waals surface area (Å²) in [7, 11) is 0. The average molecular weight is 495 g/mol. The average Bonchev–Trinajstić information content (AvgIpc) is 2.87. The van der Waals surface area contributed by atoms with Gasteiger partial charge in [0, 0.05) is 18.7 Å². The largest absolute Gasteiger partial charge is 0.505 e. The van der Waals surface area contributed by atoms with Gasteiger partial charge in [-0.1, -0.05) is 89.8 Å². The number of halogens is 2. The molecule has 1 aromatic heterocycles. The number of hydrogen-bond donors (Lipinski definition) is 1. The molecular weight excluding hydrogens is 471 g/mol. The number of benzene rings is 3. The zero-order valence-electron chi connectivity index (χ0n) is 18.7. The van der Waals surface area contributed by atoms with Gasteiger partial charge in [-0.05, 0) is 35.4 Å². The van der Waals surface area contributed by atoms with Crippen molar-refractivity contribution < 1.29 is 9.84 Å². The molecule has 34 heavy (non-hydrogen) atoms. The Hall–Kier alpha value is -3.19. The Morgan fingerprint density at radius 3 is 2.06 bits per heavy atom. The zero-order chi connectivity index (χ0) is 23.9. The fourth-order valence-corrected chi connectivity index (χ4v) is 3.93. The van der Waals surface area contributed by atoms with Crippen molar-refractivity contribution in [3.8, 4) is 23.0 Å². The maximum atomic E-state index is 9.69. The molecule has 1 heterocycles. The summed E-state index contributed by atoms with van der Waals surface area (Å²) in [5, 5.41) is 18.1. The number of rotatable bonds is 9.